The first kappa shape index (κ1) is 28.4. The predicted octanol–water partition coefficient (Wildman–Crippen LogP) is 8.32. The molecule has 0 unspecified atom stereocenters. The second-order valence-corrected chi connectivity index (χ2v) is 15.2. The molecular weight excluding hydrogens is 810 g/mol. The van der Waals surface area contributed by atoms with Crippen molar-refractivity contribution in [3.05, 3.63) is 156 Å². The van der Waals surface area contributed by atoms with Crippen LogP contribution < -0.4 is 19.6 Å². The van der Waals surface area contributed by atoms with Crippen LogP contribution in [-0.4, -0.2) is 4.57 Å². The first-order valence-corrected chi connectivity index (χ1v) is 18.2. The zero-order valence-electron chi connectivity index (χ0n) is 23.3. The normalized spacial score (nSPS) is 16.0. The minimum atomic E-state index is -0.123. The summed E-state index contributed by atoms with van der Waals surface area (Å²) >= 11 is 7.86. The standard InChI is InChI=1S/C36H24I2N2O2S2/c37-28-17-21(18-29(38)34(28)42-20-24-10-5-9-22-7-1-3-11-25(22)24)19-31-35(41)40-33(30-13-6-16-43-30)27-15-14-23-8-2-4-12-26(23)32(27)39-36(40)44-31/h1-13,16-19,33H,14-15,20H2/b31-19-/t33-/m0/s1. The van der Waals surface area contributed by atoms with E-state index in [4.69, 9.17) is 9.73 Å². The maximum Gasteiger partial charge on any atom is 0.271 e. The Hall–Kier alpha value is -3.06. The average molecular weight is 835 g/mol. The largest absolute Gasteiger partial charge is 0.487 e. The molecule has 216 valence electrons. The molecule has 0 fully saturated rings. The number of aryl methyl sites for hydroxylation is 1. The van der Waals surface area contributed by atoms with Gasteiger partial charge < -0.3 is 4.74 Å². The van der Waals surface area contributed by atoms with Crippen LogP contribution >= 0.6 is 67.9 Å². The molecule has 0 bridgehead atoms. The van der Waals surface area contributed by atoms with Gasteiger partial charge in [0.25, 0.3) is 5.56 Å². The van der Waals surface area contributed by atoms with Gasteiger partial charge in [0.2, 0.25) is 0 Å². The van der Waals surface area contributed by atoms with Gasteiger partial charge >= 0.3 is 0 Å². The van der Waals surface area contributed by atoms with Crippen molar-refractivity contribution in [3.8, 4) is 5.75 Å². The third-order valence-corrected chi connectivity index (χ3v) is 11.8. The van der Waals surface area contributed by atoms with E-state index in [1.54, 1.807) is 11.3 Å². The fourth-order valence-corrected chi connectivity index (χ4v) is 10.2. The third kappa shape index (κ3) is 4.99. The fraction of sp³-hybridized carbons (Fsp3) is 0.111. The van der Waals surface area contributed by atoms with Crippen LogP contribution in [0.15, 0.2) is 112 Å². The Morgan fingerprint density at radius 3 is 2.57 bits per heavy atom. The highest BCUT2D eigenvalue weighted by atomic mass is 127. The van der Waals surface area contributed by atoms with E-state index in [1.165, 1.54) is 43.7 Å². The van der Waals surface area contributed by atoms with Crippen LogP contribution in [0.25, 0.3) is 22.5 Å². The maximum atomic E-state index is 14.1. The van der Waals surface area contributed by atoms with E-state index in [2.05, 4.69) is 142 Å². The van der Waals surface area contributed by atoms with Crippen LogP contribution in [0.3, 0.4) is 0 Å². The van der Waals surface area contributed by atoms with Crippen LogP contribution in [0, 0.1) is 7.14 Å². The SMILES string of the molecule is O=c1/c(=C/c2cc(I)c(OCc3cccc4ccccc34)c(I)c2)sc2n1[C@H](c1cccs1)C1=C(N=2)c2ccccc2CC1. The number of benzene rings is 4. The van der Waals surface area contributed by atoms with E-state index in [0.717, 1.165) is 47.4 Å². The molecule has 3 heterocycles. The first-order valence-electron chi connectivity index (χ1n) is 14.3. The summed E-state index contributed by atoms with van der Waals surface area (Å²) in [4.78, 5) is 21.2. The molecule has 8 rings (SSSR count). The third-order valence-electron chi connectivity index (χ3n) is 8.26. The topological polar surface area (TPSA) is 43.6 Å². The van der Waals surface area contributed by atoms with Crippen molar-refractivity contribution in [2.24, 2.45) is 4.99 Å². The van der Waals surface area contributed by atoms with Gasteiger partial charge in [-0.05, 0) is 121 Å². The molecule has 44 heavy (non-hydrogen) atoms. The lowest BCUT2D eigenvalue weighted by molar-refractivity contribution is 0.303. The van der Waals surface area contributed by atoms with E-state index in [0.29, 0.717) is 11.1 Å². The maximum absolute atomic E-state index is 14.1. The van der Waals surface area contributed by atoms with Crippen molar-refractivity contribution in [1.82, 2.24) is 4.57 Å². The molecule has 0 radical (unpaired) electrons. The van der Waals surface area contributed by atoms with E-state index in [1.807, 2.05) is 10.6 Å². The number of hydrogen-bond acceptors (Lipinski definition) is 5. The Morgan fingerprint density at radius 1 is 0.932 bits per heavy atom. The summed E-state index contributed by atoms with van der Waals surface area (Å²) in [7, 11) is 0. The second kappa shape index (κ2) is 11.7. The van der Waals surface area contributed by atoms with Gasteiger partial charge in [0.15, 0.2) is 4.80 Å². The number of rotatable bonds is 5. The summed E-state index contributed by atoms with van der Waals surface area (Å²) in [6, 6.07) is 31.5. The van der Waals surface area contributed by atoms with Crippen LogP contribution in [0.1, 0.15) is 39.6 Å². The Kier molecular flexibility index (Phi) is 7.56. The molecule has 8 heteroatoms. The Bertz CT molecular complexity index is 2270. The molecule has 1 aliphatic carbocycles. The number of nitrogens with zero attached hydrogens (tertiary/aromatic N) is 2. The van der Waals surface area contributed by atoms with Gasteiger partial charge in [-0.25, -0.2) is 4.99 Å². The van der Waals surface area contributed by atoms with Gasteiger partial charge in [0, 0.05) is 10.4 Å². The van der Waals surface area contributed by atoms with Crippen molar-refractivity contribution >= 4 is 90.4 Å². The Morgan fingerprint density at radius 2 is 1.73 bits per heavy atom. The quantitative estimate of drug-likeness (QED) is 0.164. The molecule has 4 nitrogen and oxygen atoms in total. The van der Waals surface area contributed by atoms with Gasteiger partial charge in [-0.3, -0.25) is 9.36 Å². The zero-order chi connectivity index (χ0) is 29.8. The van der Waals surface area contributed by atoms with Gasteiger partial charge in [-0.1, -0.05) is 84.1 Å². The highest BCUT2D eigenvalue weighted by molar-refractivity contribution is 14.1. The second-order valence-electron chi connectivity index (χ2n) is 10.9. The summed E-state index contributed by atoms with van der Waals surface area (Å²) in [5, 5.41) is 4.51. The minimum Gasteiger partial charge on any atom is -0.487 e. The summed E-state index contributed by atoms with van der Waals surface area (Å²) in [6.07, 6.45) is 3.87. The number of aromatic nitrogens is 1. The lowest BCUT2D eigenvalue weighted by Crippen LogP contribution is -2.38. The lowest BCUT2D eigenvalue weighted by Gasteiger charge is -2.30. The molecular formula is C36H24I2N2O2S2. The molecule has 2 aliphatic rings. The van der Waals surface area contributed by atoms with Crippen LogP contribution in [0.5, 0.6) is 5.75 Å². The van der Waals surface area contributed by atoms with Crippen molar-refractivity contribution in [2.45, 2.75) is 25.5 Å². The molecule has 0 spiro atoms. The average Bonchev–Trinajstić information content (AvgIpc) is 3.68. The summed E-state index contributed by atoms with van der Waals surface area (Å²) in [5.74, 6) is 0.863. The number of halogens is 2. The lowest BCUT2D eigenvalue weighted by atomic mass is 9.85. The molecule has 0 N–H and O–H groups in total. The molecule has 6 aromatic rings. The summed E-state index contributed by atoms with van der Waals surface area (Å²) in [6.45, 7) is 0.488. The van der Waals surface area contributed by atoms with E-state index < -0.39 is 0 Å². The number of hydrogen-bond donors (Lipinski definition) is 0. The number of thiophene rings is 1. The summed E-state index contributed by atoms with van der Waals surface area (Å²) in [5.41, 5.74) is 6.94. The highest BCUT2D eigenvalue weighted by Crippen LogP contribution is 2.42. The molecule has 1 atom stereocenters. The van der Waals surface area contributed by atoms with Crippen LogP contribution in [-0.2, 0) is 13.0 Å². The molecule has 0 saturated carbocycles. The van der Waals surface area contributed by atoms with Gasteiger partial charge in [-0.2, -0.15) is 0 Å². The van der Waals surface area contributed by atoms with Gasteiger partial charge in [-0.15, -0.1) is 11.3 Å². The first-order chi connectivity index (χ1) is 21.5. The Labute approximate surface area is 289 Å². The van der Waals surface area contributed by atoms with Crippen LogP contribution in [0.2, 0.25) is 0 Å². The molecule has 0 amide bonds. The molecule has 2 aromatic heterocycles. The fourth-order valence-electron chi connectivity index (χ4n) is 6.24. The summed E-state index contributed by atoms with van der Waals surface area (Å²) < 4.78 is 11.0. The van der Waals surface area contributed by atoms with Gasteiger partial charge in [0.1, 0.15) is 12.4 Å². The monoisotopic (exact) mass is 834 g/mol. The van der Waals surface area contributed by atoms with E-state index >= 15 is 0 Å². The molecule has 4 aromatic carbocycles. The Balaban J connectivity index is 1.18. The van der Waals surface area contributed by atoms with Crippen LogP contribution in [0.4, 0.5) is 0 Å². The number of fused-ring (bicyclic) bond motifs is 4. The number of thiazole rings is 1. The number of ether oxygens (including phenoxy) is 1. The van der Waals surface area contributed by atoms with Gasteiger partial charge in [0.05, 0.1) is 23.4 Å². The van der Waals surface area contributed by atoms with E-state index in [-0.39, 0.29) is 11.6 Å². The van der Waals surface area contributed by atoms with Crippen molar-refractivity contribution in [3.63, 3.8) is 0 Å². The molecule has 0 saturated heterocycles. The van der Waals surface area contributed by atoms with Crippen molar-refractivity contribution < 1.29 is 4.74 Å². The zero-order valence-corrected chi connectivity index (χ0v) is 29.2. The van der Waals surface area contributed by atoms with Crippen molar-refractivity contribution in [2.75, 3.05) is 0 Å². The number of allylic oxidation sites excluding steroid dienone is 1. The molecule has 1 aliphatic heterocycles. The minimum absolute atomic E-state index is 0.0128. The predicted molar refractivity (Wildman–Crippen MR) is 197 cm³/mol. The smallest absolute Gasteiger partial charge is 0.271 e. The van der Waals surface area contributed by atoms with E-state index in [9.17, 15) is 4.79 Å². The highest BCUT2D eigenvalue weighted by Gasteiger charge is 2.33. The van der Waals surface area contributed by atoms with Crippen molar-refractivity contribution in [1.29, 1.82) is 0 Å².